The van der Waals surface area contributed by atoms with Gasteiger partial charge in [-0.25, -0.2) is 0 Å². The number of rotatable bonds is 4. The van der Waals surface area contributed by atoms with E-state index < -0.39 is 0 Å². The predicted molar refractivity (Wildman–Crippen MR) is 74.4 cm³/mol. The third-order valence-electron chi connectivity index (χ3n) is 2.83. The normalized spacial score (nSPS) is 12.8. The number of H-pyrrole nitrogens is 1. The van der Waals surface area contributed by atoms with Crippen molar-refractivity contribution in [1.82, 2.24) is 9.55 Å². The average Bonchev–Trinajstić information content (AvgIpc) is 2.35. The zero-order valence-corrected chi connectivity index (χ0v) is 11.3. The number of nitrogens with zero attached hydrogens (tertiary/aromatic N) is 1. The largest absolute Gasteiger partial charge is 0.384 e. The Morgan fingerprint density at radius 3 is 2.89 bits per heavy atom. The second kappa shape index (κ2) is 5.46. The highest BCUT2D eigenvalue weighted by Gasteiger charge is 2.08. The fourth-order valence-corrected chi connectivity index (χ4v) is 2.28. The summed E-state index contributed by atoms with van der Waals surface area (Å²) in [4.78, 5) is 15.4. The Balaban J connectivity index is 2.51. The van der Waals surface area contributed by atoms with Crippen LogP contribution in [0.25, 0.3) is 10.9 Å². The summed E-state index contributed by atoms with van der Waals surface area (Å²) in [6.07, 6.45) is 0. The zero-order valence-electron chi connectivity index (χ0n) is 10.5. The molecule has 0 aliphatic heterocycles. The molecule has 0 aliphatic carbocycles. The highest BCUT2D eigenvalue weighted by molar-refractivity contribution is 7.71. The molecular formula is C13H16N2O2S. The fourth-order valence-electron chi connectivity index (χ4n) is 2.01. The lowest BCUT2D eigenvalue weighted by atomic mass is 10.2. The van der Waals surface area contributed by atoms with Crippen molar-refractivity contribution < 1.29 is 4.74 Å². The highest BCUT2D eigenvalue weighted by atomic mass is 32.1. The molecule has 2 rings (SSSR count). The van der Waals surface area contributed by atoms with E-state index in [0.29, 0.717) is 23.3 Å². The summed E-state index contributed by atoms with van der Waals surface area (Å²) in [5, 5.41) is 0.663. The van der Waals surface area contributed by atoms with Gasteiger partial charge in [0.1, 0.15) is 0 Å². The van der Waals surface area contributed by atoms with Crippen molar-refractivity contribution in [3.05, 3.63) is 39.4 Å². The second-order valence-electron chi connectivity index (χ2n) is 4.45. The summed E-state index contributed by atoms with van der Waals surface area (Å²) in [7, 11) is 1.65. The van der Waals surface area contributed by atoms with Crippen molar-refractivity contribution in [1.29, 1.82) is 0 Å². The van der Waals surface area contributed by atoms with Crippen molar-refractivity contribution in [2.45, 2.75) is 13.5 Å². The van der Waals surface area contributed by atoms with E-state index in [0.717, 1.165) is 5.52 Å². The number of hydrogen-bond donors (Lipinski definition) is 1. The zero-order chi connectivity index (χ0) is 13.1. The van der Waals surface area contributed by atoms with Gasteiger partial charge in [-0.05, 0) is 30.3 Å². The van der Waals surface area contributed by atoms with Crippen LogP contribution < -0.4 is 5.56 Å². The lowest BCUT2D eigenvalue weighted by molar-refractivity contribution is 0.150. The van der Waals surface area contributed by atoms with Crippen LogP contribution in [0.3, 0.4) is 0 Å². The van der Waals surface area contributed by atoms with Gasteiger partial charge in [-0.15, -0.1) is 0 Å². The summed E-state index contributed by atoms with van der Waals surface area (Å²) < 4.78 is 7.14. The molecule has 2 aromatic rings. The number of aromatic nitrogens is 2. The van der Waals surface area contributed by atoms with Crippen LogP contribution in [0, 0.1) is 10.7 Å². The molecule has 4 nitrogen and oxygen atoms in total. The summed E-state index contributed by atoms with van der Waals surface area (Å²) in [5.74, 6) is 0.240. The van der Waals surface area contributed by atoms with E-state index >= 15 is 0 Å². The highest BCUT2D eigenvalue weighted by Crippen LogP contribution is 2.07. The first-order valence-corrected chi connectivity index (χ1v) is 6.25. The molecule has 0 saturated heterocycles. The molecule has 1 N–H and O–H groups in total. The van der Waals surface area contributed by atoms with Crippen LogP contribution in [0.2, 0.25) is 0 Å². The van der Waals surface area contributed by atoms with Gasteiger partial charge in [0.05, 0.1) is 17.5 Å². The Kier molecular flexibility index (Phi) is 3.93. The molecule has 0 radical (unpaired) electrons. The van der Waals surface area contributed by atoms with Crippen molar-refractivity contribution in [2.24, 2.45) is 5.92 Å². The Hall–Kier alpha value is -1.46. The number of aromatic amines is 1. The fraction of sp³-hybridized carbons (Fsp3) is 0.385. The lowest BCUT2D eigenvalue weighted by Gasteiger charge is -2.13. The van der Waals surface area contributed by atoms with Crippen molar-refractivity contribution in [2.75, 3.05) is 13.7 Å². The van der Waals surface area contributed by atoms with Crippen molar-refractivity contribution in [3.63, 3.8) is 0 Å². The van der Waals surface area contributed by atoms with Gasteiger partial charge < -0.3 is 9.72 Å². The summed E-state index contributed by atoms with van der Waals surface area (Å²) in [6, 6.07) is 7.39. The molecule has 1 aromatic carbocycles. The first-order valence-electron chi connectivity index (χ1n) is 5.84. The lowest BCUT2D eigenvalue weighted by Crippen LogP contribution is -2.26. The van der Waals surface area contributed by atoms with Gasteiger partial charge in [0.25, 0.3) is 5.56 Å². The average molecular weight is 264 g/mol. The Bertz CT molecular complexity index is 660. The molecule has 0 fully saturated rings. The monoisotopic (exact) mass is 264 g/mol. The van der Waals surface area contributed by atoms with Crippen LogP contribution in [0.1, 0.15) is 6.92 Å². The van der Waals surface area contributed by atoms with Gasteiger partial charge >= 0.3 is 0 Å². The number of para-hydroxylation sites is 1. The molecule has 1 aromatic heterocycles. The van der Waals surface area contributed by atoms with Gasteiger partial charge in [-0.2, -0.15) is 0 Å². The molecule has 96 valence electrons. The molecule has 0 bridgehead atoms. The molecule has 0 aliphatic rings. The van der Waals surface area contributed by atoms with E-state index in [2.05, 4.69) is 4.98 Å². The van der Waals surface area contributed by atoms with Crippen LogP contribution in [-0.2, 0) is 11.3 Å². The third kappa shape index (κ3) is 2.52. The molecule has 0 spiro atoms. The minimum Gasteiger partial charge on any atom is -0.384 e. The number of hydrogen-bond acceptors (Lipinski definition) is 3. The minimum absolute atomic E-state index is 0.0442. The summed E-state index contributed by atoms with van der Waals surface area (Å²) in [5.41, 5.74) is 0.737. The van der Waals surface area contributed by atoms with Gasteiger partial charge in [0, 0.05) is 13.7 Å². The standard InChI is InChI=1S/C13H16N2O2S/c1-9(8-17-2)7-15-12(16)10-5-3-4-6-11(10)14-13(15)18/h3-6,9H,7-8H2,1-2H3,(H,14,18). The van der Waals surface area contributed by atoms with Crippen LogP contribution >= 0.6 is 12.2 Å². The maximum absolute atomic E-state index is 12.3. The third-order valence-corrected chi connectivity index (χ3v) is 3.16. The molecule has 18 heavy (non-hydrogen) atoms. The van der Waals surface area contributed by atoms with Crippen LogP contribution in [0.4, 0.5) is 0 Å². The number of benzene rings is 1. The molecular weight excluding hydrogens is 248 g/mol. The molecule has 1 unspecified atom stereocenters. The molecule has 1 heterocycles. The van der Waals surface area contributed by atoms with E-state index in [1.807, 2.05) is 25.1 Å². The topological polar surface area (TPSA) is 47.0 Å². The van der Waals surface area contributed by atoms with Gasteiger partial charge in [-0.3, -0.25) is 9.36 Å². The number of methoxy groups -OCH3 is 1. The maximum atomic E-state index is 12.3. The minimum atomic E-state index is -0.0442. The Morgan fingerprint density at radius 2 is 2.17 bits per heavy atom. The number of nitrogens with one attached hydrogen (secondary N) is 1. The van der Waals surface area contributed by atoms with Crippen molar-refractivity contribution in [3.8, 4) is 0 Å². The summed E-state index contributed by atoms with van der Waals surface area (Å²) >= 11 is 5.24. The number of fused-ring (bicyclic) bond motifs is 1. The molecule has 5 heteroatoms. The van der Waals surface area contributed by atoms with Gasteiger partial charge in [0.15, 0.2) is 4.77 Å². The first-order chi connectivity index (χ1) is 8.63. The van der Waals surface area contributed by atoms with E-state index in [1.165, 1.54) is 0 Å². The first kappa shape index (κ1) is 13.0. The van der Waals surface area contributed by atoms with E-state index in [1.54, 1.807) is 17.7 Å². The quantitative estimate of drug-likeness (QED) is 0.862. The van der Waals surface area contributed by atoms with E-state index in [-0.39, 0.29) is 11.5 Å². The van der Waals surface area contributed by atoms with Gasteiger partial charge in [0.2, 0.25) is 0 Å². The Labute approximate surface area is 110 Å². The SMILES string of the molecule is COCC(C)Cn1c(=S)[nH]c2ccccc2c1=O. The van der Waals surface area contributed by atoms with Gasteiger partial charge in [-0.1, -0.05) is 19.1 Å². The summed E-state index contributed by atoms with van der Waals surface area (Å²) in [6.45, 7) is 3.20. The molecule has 1 atom stereocenters. The molecule has 0 saturated carbocycles. The van der Waals surface area contributed by atoms with Crippen LogP contribution in [0.5, 0.6) is 0 Å². The van der Waals surface area contributed by atoms with Crippen LogP contribution in [0.15, 0.2) is 29.1 Å². The maximum Gasteiger partial charge on any atom is 0.262 e. The second-order valence-corrected chi connectivity index (χ2v) is 4.84. The van der Waals surface area contributed by atoms with Crippen LogP contribution in [-0.4, -0.2) is 23.3 Å². The predicted octanol–water partition coefficient (Wildman–Crippen LogP) is 2.34. The molecule has 0 amide bonds. The number of ether oxygens (including phenoxy) is 1. The van der Waals surface area contributed by atoms with E-state index in [4.69, 9.17) is 17.0 Å². The Morgan fingerprint density at radius 1 is 1.44 bits per heavy atom. The van der Waals surface area contributed by atoms with Crippen molar-refractivity contribution >= 4 is 23.1 Å². The van der Waals surface area contributed by atoms with E-state index in [9.17, 15) is 4.79 Å². The smallest absolute Gasteiger partial charge is 0.262 e.